The smallest absolute Gasteiger partial charge is 0.271 e. The van der Waals surface area contributed by atoms with Crippen LogP contribution in [0.1, 0.15) is 35.7 Å². The van der Waals surface area contributed by atoms with Gasteiger partial charge in [-0.15, -0.1) is 0 Å². The van der Waals surface area contributed by atoms with Gasteiger partial charge in [0.25, 0.3) is 5.91 Å². The fourth-order valence-electron chi connectivity index (χ4n) is 2.44. The Hall–Kier alpha value is -3.19. The van der Waals surface area contributed by atoms with Gasteiger partial charge < -0.3 is 15.0 Å². The van der Waals surface area contributed by atoms with Crippen molar-refractivity contribution < 1.29 is 14.3 Å². The summed E-state index contributed by atoms with van der Waals surface area (Å²) in [5.74, 6) is 0.344. The van der Waals surface area contributed by atoms with Crippen LogP contribution in [0.15, 0.2) is 53.6 Å². The van der Waals surface area contributed by atoms with Gasteiger partial charge in [-0.1, -0.05) is 13.0 Å². The molecule has 0 radical (unpaired) electrons. The third kappa shape index (κ3) is 8.15. The molecule has 2 rings (SSSR count). The lowest BCUT2D eigenvalue weighted by Crippen LogP contribution is -2.18. The lowest BCUT2D eigenvalue weighted by Gasteiger charge is -2.10. The van der Waals surface area contributed by atoms with Gasteiger partial charge in [-0.25, -0.2) is 5.43 Å². The van der Waals surface area contributed by atoms with E-state index in [2.05, 4.69) is 20.7 Å². The van der Waals surface area contributed by atoms with E-state index in [1.807, 2.05) is 38.4 Å². The van der Waals surface area contributed by atoms with E-state index in [-0.39, 0.29) is 11.8 Å². The number of benzene rings is 2. The van der Waals surface area contributed by atoms with Gasteiger partial charge in [-0.3, -0.25) is 9.59 Å². The molecule has 0 saturated carbocycles. The molecule has 29 heavy (non-hydrogen) atoms. The molecule has 2 N–H and O–H groups in total. The SMILES string of the molecule is CCC(=O)Nc1cccc(C(=O)NN=Cc2ccc(OCCCN(C)C)cc2)c1. The molecular formula is C22H28N4O3. The third-order valence-electron chi connectivity index (χ3n) is 4.01. The van der Waals surface area contributed by atoms with Crippen molar-refractivity contribution in [3.8, 4) is 5.75 Å². The van der Waals surface area contributed by atoms with Crippen molar-refractivity contribution in [1.82, 2.24) is 10.3 Å². The van der Waals surface area contributed by atoms with Crippen LogP contribution in [-0.4, -0.2) is 50.2 Å². The van der Waals surface area contributed by atoms with Crippen LogP contribution in [0, 0.1) is 0 Å². The van der Waals surface area contributed by atoms with E-state index in [0.717, 1.165) is 24.3 Å². The number of ether oxygens (including phenoxy) is 1. The highest BCUT2D eigenvalue weighted by Crippen LogP contribution is 2.12. The average molecular weight is 396 g/mol. The Kier molecular flexibility index (Phi) is 8.85. The summed E-state index contributed by atoms with van der Waals surface area (Å²) < 4.78 is 5.69. The maximum Gasteiger partial charge on any atom is 0.271 e. The van der Waals surface area contributed by atoms with Crippen LogP contribution in [0.3, 0.4) is 0 Å². The standard InChI is InChI=1S/C22H28N4O3/c1-4-21(27)24-19-8-5-7-18(15-19)22(28)25-23-16-17-9-11-20(12-10-17)29-14-6-13-26(2)3/h5,7-12,15-16H,4,6,13-14H2,1-3H3,(H,24,27)(H,25,28). The predicted molar refractivity (Wildman–Crippen MR) is 116 cm³/mol. The molecule has 0 unspecified atom stereocenters. The highest BCUT2D eigenvalue weighted by molar-refractivity contribution is 5.97. The lowest BCUT2D eigenvalue weighted by molar-refractivity contribution is -0.115. The topological polar surface area (TPSA) is 83.0 Å². The molecule has 0 aromatic heterocycles. The van der Waals surface area contributed by atoms with Crippen molar-refractivity contribution in [3.05, 3.63) is 59.7 Å². The lowest BCUT2D eigenvalue weighted by atomic mass is 10.2. The zero-order chi connectivity index (χ0) is 21.1. The highest BCUT2D eigenvalue weighted by Gasteiger charge is 2.06. The fraction of sp³-hybridized carbons (Fsp3) is 0.318. The van der Waals surface area contributed by atoms with Crippen molar-refractivity contribution in [2.75, 3.05) is 32.6 Å². The average Bonchev–Trinajstić information content (AvgIpc) is 2.72. The molecule has 0 aliphatic rings. The second-order valence-electron chi connectivity index (χ2n) is 6.76. The predicted octanol–water partition coefficient (Wildman–Crippen LogP) is 3.13. The third-order valence-corrected chi connectivity index (χ3v) is 4.01. The van der Waals surface area contributed by atoms with Crippen molar-refractivity contribution in [3.63, 3.8) is 0 Å². The van der Waals surface area contributed by atoms with E-state index in [9.17, 15) is 9.59 Å². The number of hydrogen-bond donors (Lipinski definition) is 2. The molecule has 2 aromatic carbocycles. The van der Waals surface area contributed by atoms with Crippen molar-refractivity contribution in [2.45, 2.75) is 19.8 Å². The molecule has 7 heteroatoms. The van der Waals surface area contributed by atoms with Gasteiger partial charge in [-0.2, -0.15) is 5.10 Å². The molecular weight excluding hydrogens is 368 g/mol. The first-order valence-electron chi connectivity index (χ1n) is 9.59. The molecule has 0 spiro atoms. The molecule has 0 saturated heterocycles. The molecule has 2 amide bonds. The van der Waals surface area contributed by atoms with Gasteiger partial charge in [0.15, 0.2) is 0 Å². The number of nitrogens with zero attached hydrogens (tertiary/aromatic N) is 2. The number of carbonyl (C=O) groups is 2. The maximum atomic E-state index is 12.2. The summed E-state index contributed by atoms with van der Waals surface area (Å²) in [5, 5.41) is 6.72. The largest absolute Gasteiger partial charge is 0.494 e. The number of amides is 2. The second kappa shape index (κ2) is 11.6. The number of rotatable bonds is 10. The summed E-state index contributed by atoms with van der Waals surface area (Å²) >= 11 is 0. The monoisotopic (exact) mass is 396 g/mol. The molecule has 0 heterocycles. The summed E-state index contributed by atoms with van der Waals surface area (Å²) in [6.45, 7) is 3.42. The second-order valence-corrected chi connectivity index (χ2v) is 6.76. The zero-order valence-corrected chi connectivity index (χ0v) is 17.1. The van der Waals surface area contributed by atoms with Gasteiger partial charge in [0.05, 0.1) is 12.8 Å². The molecule has 0 atom stereocenters. The molecule has 7 nitrogen and oxygen atoms in total. The quantitative estimate of drug-likeness (QED) is 0.367. The van der Waals surface area contributed by atoms with Crippen molar-refractivity contribution in [1.29, 1.82) is 0 Å². The minimum absolute atomic E-state index is 0.106. The number of carbonyl (C=O) groups excluding carboxylic acids is 2. The molecule has 0 aliphatic heterocycles. The Labute approximate surface area is 171 Å². The Morgan fingerprint density at radius 1 is 1.14 bits per heavy atom. The summed E-state index contributed by atoms with van der Waals surface area (Å²) in [4.78, 5) is 25.8. The summed E-state index contributed by atoms with van der Waals surface area (Å²) in [5.41, 5.74) is 4.33. The summed E-state index contributed by atoms with van der Waals surface area (Å²) in [6, 6.07) is 14.2. The first-order chi connectivity index (χ1) is 14.0. The zero-order valence-electron chi connectivity index (χ0n) is 17.1. The van der Waals surface area contributed by atoms with E-state index >= 15 is 0 Å². The van der Waals surface area contributed by atoms with Crippen LogP contribution in [0.5, 0.6) is 5.75 Å². The molecule has 154 valence electrons. The van der Waals surface area contributed by atoms with Gasteiger partial charge in [0.2, 0.25) is 5.91 Å². The minimum atomic E-state index is -0.352. The van der Waals surface area contributed by atoms with E-state index in [4.69, 9.17) is 4.74 Å². The number of hydrazone groups is 1. The number of nitrogens with one attached hydrogen (secondary N) is 2. The molecule has 0 fully saturated rings. The van der Waals surface area contributed by atoms with Crippen LogP contribution in [0.4, 0.5) is 5.69 Å². The van der Waals surface area contributed by atoms with E-state index in [0.29, 0.717) is 24.3 Å². The Morgan fingerprint density at radius 2 is 1.90 bits per heavy atom. The van der Waals surface area contributed by atoms with E-state index in [1.54, 1.807) is 37.4 Å². The van der Waals surface area contributed by atoms with E-state index in [1.165, 1.54) is 0 Å². The fourth-order valence-corrected chi connectivity index (χ4v) is 2.44. The van der Waals surface area contributed by atoms with Crippen LogP contribution >= 0.6 is 0 Å². The van der Waals surface area contributed by atoms with Crippen LogP contribution in [0.25, 0.3) is 0 Å². The van der Waals surface area contributed by atoms with Gasteiger partial charge in [-0.05, 0) is 68.5 Å². The minimum Gasteiger partial charge on any atom is -0.494 e. The Balaban J connectivity index is 1.84. The van der Waals surface area contributed by atoms with Crippen LogP contribution < -0.4 is 15.5 Å². The first kappa shape index (κ1) is 22.1. The van der Waals surface area contributed by atoms with Crippen molar-refractivity contribution >= 4 is 23.7 Å². The summed E-state index contributed by atoms with van der Waals surface area (Å²) in [7, 11) is 4.07. The Bertz CT molecular complexity index is 832. The molecule has 0 aliphatic carbocycles. The van der Waals surface area contributed by atoms with Crippen LogP contribution in [0.2, 0.25) is 0 Å². The molecule has 2 aromatic rings. The number of anilines is 1. The maximum absolute atomic E-state index is 12.2. The van der Waals surface area contributed by atoms with Gasteiger partial charge in [0.1, 0.15) is 5.75 Å². The van der Waals surface area contributed by atoms with Gasteiger partial charge >= 0.3 is 0 Å². The van der Waals surface area contributed by atoms with Crippen molar-refractivity contribution in [2.24, 2.45) is 5.10 Å². The highest BCUT2D eigenvalue weighted by atomic mass is 16.5. The Morgan fingerprint density at radius 3 is 2.59 bits per heavy atom. The van der Waals surface area contributed by atoms with E-state index < -0.39 is 0 Å². The normalized spacial score (nSPS) is 10.9. The first-order valence-corrected chi connectivity index (χ1v) is 9.59. The molecule has 0 bridgehead atoms. The van der Waals surface area contributed by atoms with Crippen LogP contribution in [-0.2, 0) is 4.79 Å². The van der Waals surface area contributed by atoms with Gasteiger partial charge in [0, 0.05) is 24.2 Å². The number of hydrogen-bond acceptors (Lipinski definition) is 5. The summed E-state index contributed by atoms with van der Waals surface area (Å²) in [6.07, 6.45) is 2.91.